The predicted molar refractivity (Wildman–Crippen MR) is 87.6 cm³/mol. The van der Waals surface area contributed by atoms with Crippen LogP contribution in [0.1, 0.15) is 24.6 Å². The van der Waals surface area contributed by atoms with Gasteiger partial charge in [-0.1, -0.05) is 6.07 Å². The van der Waals surface area contributed by atoms with Gasteiger partial charge in [-0.2, -0.15) is 5.10 Å². The van der Waals surface area contributed by atoms with E-state index in [9.17, 15) is 4.79 Å². The summed E-state index contributed by atoms with van der Waals surface area (Å²) in [6.45, 7) is 4.47. The minimum atomic E-state index is -0.0944. The molecule has 1 amide bonds. The molecular formula is C16H22N4OS. The number of carbonyl (C=O) groups is 1. The molecular weight excluding hydrogens is 296 g/mol. The fourth-order valence-electron chi connectivity index (χ4n) is 3.07. The maximum absolute atomic E-state index is 12.4. The molecule has 0 aliphatic carbocycles. The van der Waals surface area contributed by atoms with Crippen LogP contribution in [-0.4, -0.2) is 39.2 Å². The van der Waals surface area contributed by atoms with Crippen LogP contribution in [0.25, 0.3) is 0 Å². The van der Waals surface area contributed by atoms with Crippen LogP contribution in [0.15, 0.2) is 36.0 Å². The lowest BCUT2D eigenvalue weighted by Crippen LogP contribution is -2.48. The number of amides is 1. The van der Waals surface area contributed by atoms with Crippen molar-refractivity contribution >= 4 is 17.2 Å². The van der Waals surface area contributed by atoms with Crippen LogP contribution in [0.4, 0.5) is 0 Å². The van der Waals surface area contributed by atoms with Gasteiger partial charge in [-0.3, -0.25) is 14.4 Å². The number of nitrogens with zero attached hydrogens (tertiary/aromatic N) is 3. The molecule has 3 rings (SSSR count). The Kier molecular flexibility index (Phi) is 4.90. The molecule has 5 nitrogen and oxygen atoms in total. The van der Waals surface area contributed by atoms with Crippen molar-refractivity contribution in [2.75, 3.05) is 6.54 Å². The van der Waals surface area contributed by atoms with Gasteiger partial charge in [0, 0.05) is 23.3 Å². The largest absolute Gasteiger partial charge is 0.350 e. The average molecular weight is 318 g/mol. The molecule has 22 heavy (non-hydrogen) atoms. The SMILES string of the molecule is C[C@H](C(=O)NCc1cccs1)N1CCC[C@@H]1Cn1cccn1. The summed E-state index contributed by atoms with van der Waals surface area (Å²) >= 11 is 1.67. The van der Waals surface area contributed by atoms with Crippen LogP contribution < -0.4 is 5.32 Å². The number of carbonyl (C=O) groups excluding carboxylic acids is 1. The van der Waals surface area contributed by atoms with E-state index in [1.165, 1.54) is 4.88 Å². The van der Waals surface area contributed by atoms with E-state index >= 15 is 0 Å². The quantitative estimate of drug-likeness (QED) is 0.887. The fourth-order valence-corrected chi connectivity index (χ4v) is 3.72. The highest BCUT2D eigenvalue weighted by Crippen LogP contribution is 2.21. The first-order chi connectivity index (χ1) is 10.7. The third-order valence-corrected chi connectivity index (χ3v) is 5.15. The summed E-state index contributed by atoms with van der Waals surface area (Å²) in [7, 11) is 0. The monoisotopic (exact) mass is 318 g/mol. The Morgan fingerprint density at radius 2 is 2.45 bits per heavy atom. The van der Waals surface area contributed by atoms with E-state index in [1.807, 2.05) is 41.4 Å². The van der Waals surface area contributed by atoms with Crippen molar-refractivity contribution in [3.05, 3.63) is 40.8 Å². The maximum atomic E-state index is 12.4. The molecule has 0 spiro atoms. The van der Waals surface area contributed by atoms with E-state index in [1.54, 1.807) is 17.5 Å². The van der Waals surface area contributed by atoms with E-state index in [0.29, 0.717) is 12.6 Å². The molecule has 3 heterocycles. The highest BCUT2D eigenvalue weighted by Gasteiger charge is 2.32. The van der Waals surface area contributed by atoms with E-state index in [4.69, 9.17) is 0 Å². The molecule has 0 radical (unpaired) electrons. The molecule has 118 valence electrons. The number of rotatable bonds is 6. The first-order valence-electron chi connectivity index (χ1n) is 7.77. The first-order valence-corrected chi connectivity index (χ1v) is 8.65. The number of hydrogen-bond acceptors (Lipinski definition) is 4. The normalized spacial score (nSPS) is 20.1. The van der Waals surface area contributed by atoms with Gasteiger partial charge in [0.25, 0.3) is 0 Å². The van der Waals surface area contributed by atoms with Crippen molar-refractivity contribution in [1.29, 1.82) is 0 Å². The average Bonchev–Trinajstić information content (AvgIpc) is 3.27. The molecule has 1 aliphatic heterocycles. The molecule has 0 saturated carbocycles. The summed E-state index contributed by atoms with van der Waals surface area (Å²) in [6, 6.07) is 6.30. The van der Waals surface area contributed by atoms with Crippen molar-refractivity contribution < 1.29 is 4.79 Å². The lowest BCUT2D eigenvalue weighted by atomic mass is 10.2. The van der Waals surface area contributed by atoms with Crippen LogP contribution in [0.2, 0.25) is 0 Å². The lowest BCUT2D eigenvalue weighted by Gasteiger charge is -2.29. The molecule has 0 bridgehead atoms. The van der Waals surface area contributed by atoms with Gasteiger partial charge in [-0.05, 0) is 43.8 Å². The van der Waals surface area contributed by atoms with Gasteiger partial charge in [0.05, 0.1) is 19.1 Å². The van der Waals surface area contributed by atoms with Crippen molar-refractivity contribution in [1.82, 2.24) is 20.0 Å². The topological polar surface area (TPSA) is 50.2 Å². The highest BCUT2D eigenvalue weighted by molar-refractivity contribution is 7.09. The zero-order chi connectivity index (χ0) is 15.4. The molecule has 2 aromatic rings. The van der Waals surface area contributed by atoms with E-state index in [2.05, 4.69) is 15.3 Å². The van der Waals surface area contributed by atoms with Crippen LogP contribution >= 0.6 is 11.3 Å². The van der Waals surface area contributed by atoms with Gasteiger partial charge in [0.1, 0.15) is 0 Å². The molecule has 1 saturated heterocycles. The van der Waals surface area contributed by atoms with Gasteiger partial charge in [-0.25, -0.2) is 0 Å². The zero-order valence-electron chi connectivity index (χ0n) is 12.8. The third kappa shape index (κ3) is 3.56. The van der Waals surface area contributed by atoms with E-state index in [-0.39, 0.29) is 11.9 Å². The number of hydrogen-bond donors (Lipinski definition) is 1. The summed E-state index contributed by atoms with van der Waals surface area (Å²) in [4.78, 5) is 15.9. The molecule has 6 heteroatoms. The standard InChI is InChI=1S/C16H22N4OS/c1-13(16(21)17-11-15-6-3-10-22-15)20-9-2-5-14(20)12-19-8-4-7-18-19/h3-4,6-8,10,13-14H,2,5,9,11-12H2,1H3,(H,17,21)/t13-,14-/m1/s1. The summed E-state index contributed by atoms with van der Waals surface area (Å²) in [5.74, 6) is 0.112. The summed E-state index contributed by atoms with van der Waals surface area (Å²) in [5.41, 5.74) is 0. The van der Waals surface area contributed by atoms with Gasteiger partial charge >= 0.3 is 0 Å². The van der Waals surface area contributed by atoms with Crippen LogP contribution in [-0.2, 0) is 17.9 Å². The highest BCUT2D eigenvalue weighted by atomic mass is 32.1. The van der Waals surface area contributed by atoms with Crippen molar-refractivity contribution in [3.63, 3.8) is 0 Å². The molecule has 2 aromatic heterocycles. The van der Waals surface area contributed by atoms with Gasteiger partial charge < -0.3 is 5.32 Å². The van der Waals surface area contributed by atoms with Crippen LogP contribution in [0, 0.1) is 0 Å². The Balaban J connectivity index is 1.55. The number of thiophene rings is 1. The molecule has 2 atom stereocenters. The second kappa shape index (κ2) is 7.07. The lowest BCUT2D eigenvalue weighted by molar-refractivity contribution is -0.126. The molecule has 0 aromatic carbocycles. The summed E-state index contributed by atoms with van der Waals surface area (Å²) < 4.78 is 1.96. The molecule has 1 fully saturated rings. The smallest absolute Gasteiger partial charge is 0.237 e. The zero-order valence-corrected chi connectivity index (χ0v) is 13.6. The first kappa shape index (κ1) is 15.2. The van der Waals surface area contributed by atoms with E-state index < -0.39 is 0 Å². The Morgan fingerprint density at radius 3 is 3.18 bits per heavy atom. The molecule has 1 aliphatic rings. The van der Waals surface area contributed by atoms with Crippen molar-refractivity contribution in [2.45, 2.75) is 44.9 Å². The van der Waals surface area contributed by atoms with Gasteiger partial charge in [-0.15, -0.1) is 11.3 Å². The van der Waals surface area contributed by atoms with Crippen molar-refractivity contribution in [2.24, 2.45) is 0 Å². The third-order valence-electron chi connectivity index (χ3n) is 4.27. The minimum absolute atomic E-state index is 0.0944. The summed E-state index contributed by atoms with van der Waals surface area (Å²) in [6.07, 6.45) is 6.06. The van der Waals surface area contributed by atoms with Gasteiger partial charge in [0.15, 0.2) is 0 Å². The summed E-state index contributed by atoms with van der Waals surface area (Å²) in [5, 5.41) is 9.36. The minimum Gasteiger partial charge on any atom is -0.350 e. The second-order valence-electron chi connectivity index (χ2n) is 5.74. The van der Waals surface area contributed by atoms with Crippen LogP contribution in [0.3, 0.4) is 0 Å². The Bertz CT molecular complexity index is 581. The van der Waals surface area contributed by atoms with E-state index in [0.717, 1.165) is 25.9 Å². The second-order valence-corrected chi connectivity index (χ2v) is 6.77. The maximum Gasteiger partial charge on any atom is 0.237 e. The molecule has 0 unspecified atom stereocenters. The predicted octanol–water partition coefficient (Wildman–Crippen LogP) is 2.11. The Hall–Kier alpha value is -1.66. The van der Waals surface area contributed by atoms with Gasteiger partial charge in [0.2, 0.25) is 5.91 Å². The Morgan fingerprint density at radius 1 is 1.55 bits per heavy atom. The molecule has 1 N–H and O–H groups in total. The van der Waals surface area contributed by atoms with Crippen LogP contribution in [0.5, 0.6) is 0 Å². The number of aromatic nitrogens is 2. The number of nitrogens with one attached hydrogen (secondary N) is 1. The Labute approximate surface area is 134 Å². The van der Waals surface area contributed by atoms with Crippen molar-refractivity contribution in [3.8, 4) is 0 Å². The number of likely N-dealkylation sites (tertiary alicyclic amines) is 1. The fraction of sp³-hybridized carbons (Fsp3) is 0.500.